The van der Waals surface area contributed by atoms with E-state index >= 15 is 0 Å². The molecule has 2 unspecified atom stereocenters. The smallest absolute Gasteiger partial charge is 0.406 e. The number of nitrogens with one attached hydrogen (secondary N) is 1. The van der Waals surface area contributed by atoms with Crippen LogP contribution < -0.4 is 10.1 Å². The van der Waals surface area contributed by atoms with Gasteiger partial charge in [-0.2, -0.15) is 5.10 Å². The van der Waals surface area contributed by atoms with Crippen LogP contribution in [0.15, 0.2) is 42.6 Å². The van der Waals surface area contributed by atoms with Crippen molar-refractivity contribution in [1.82, 2.24) is 15.1 Å². The third-order valence-corrected chi connectivity index (χ3v) is 7.12. The molecule has 204 valence electrons. The molecule has 0 aliphatic heterocycles. The highest BCUT2D eigenvalue weighted by molar-refractivity contribution is 6.00. The number of carbonyl (C=O) groups is 2. The minimum absolute atomic E-state index is 0.0408. The van der Waals surface area contributed by atoms with Gasteiger partial charge in [-0.05, 0) is 80.5 Å². The van der Waals surface area contributed by atoms with Gasteiger partial charge in [0, 0.05) is 48.8 Å². The lowest BCUT2D eigenvalue weighted by Crippen LogP contribution is -2.27. The lowest BCUT2D eigenvalue weighted by Gasteiger charge is -2.15. The van der Waals surface area contributed by atoms with Crippen LogP contribution in [-0.4, -0.2) is 48.1 Å². The van der Waals surface area contributed by atoms with Gasteiger partial charge in [-0.1, -0.05) is 6.42 Å². The van der Waals surface area contributed by atoms with Gasteiger partial charge in [0.15, 0.2) is 5.78 Å². The Labute approximate surface area is 219 Å². The van der Waals surface area contributed by atoms with E-state index in [2.05, 4.69) is 10.1 Å². The van der Waals surface area contributed by atoms with E-state index in [1.165, 1.54) is 24.3 Å². The third-order valence-electron chi connectivity index (χ3n) is 7.12. The number of alkyl halides is 3. The molecule has 0 radical (unpaired) electrons. The van der Waals surface area contributed by atoms with E-state index in [4.69, 9.17) is 9.84 Å². The van der Waals surface area contributed by atoms with Crippen LogP contribution in [0.3, 0.4) is 0 Å². The van der Waals surface area contributed by atoms with Crippen LogP contribution in [0.25, 0.3) is 10.9 Å². The van der Waals surface area contributed by atoms with Crippen molar-refractivity contribution in [2.24, 2.45) is 11.8 Å². The molecule has 1 aliphatic rings. The Hall–Kier alpha value is -3.40. The van der Waals surface area contributed by atoms with Gasteiger partial charge in [0.25, 0.3) is 5.91 Å². The van der Waals surface area contributed by atoms with Crippen LogP contribution in [0.4, 0.5) is 13.2 Å². The van der Waals surface area contributed by atoms with Gasteiger partial charge in [0.2, 0.25) is 0 Å². The normalized spacial score (nSPS) is 18.2. The van der Waals surface area contributed by atoms with Crippen LogP contribution >= 0.6 is 0 Å². The summed E-state index contributed by atoms with van der Waals surface area (Å²) in [4.78, 5) is 25.6. The molecule has 1 aromatic heterocycles. The second-order valence-electron chi connectivity index (χ2n) is 9.78. The van der Waals surface area contributed by atoms with Crippen molar-refractivity contribution in [3.05, 3.63) is 59.3 Å². The Bertz CT molecular complexity index is 1270. The summed E-state index contributed by atoms with van der Waals surface area (Å²) in [5.74, 6) is -0.331. The molecule has 0 spiro atoms. The summed E-state index contributed by atoms with van der Waals surface area (Å²) in [6, 6.07) is 8.81. The van der Waals surface area contributed by atoms with Crippen LogP contribution in [0.5, 0.6) is 5.75 Å². The molecule has 1 aliphatic carbocycles. The van der Waals surface area contributed by atoms with E-state index in [-0.39, 0.29) is 23.4 Å². The Morgan fingerprint density at radius 2 is 1.84 bits per heavy atom. The Morgan fingerprint density at radius 1 is 1.08 bits per heavy atom. The molecule has 4 rings (SSSR count). The number of amides is 1. The highest BCUT2D eigenvalue weighted by Gasteiger charge is 2.31. The molecule has 2 aromatic carbocycles. The molecule has 1 saturated carbocycles. The Balaban J connectivity index is 1.37. The monoisotopic (exact) mass is 531 g/mol. The van der Waals surface area contributed by atoms with Crippen molar-refractivity contribution in [2.45, 2.75) is 51.9 Å². The minimum atomic E-state index is -4.76. The van der Waals surface area contributed by atoms with Crippen LogP contribution in [-0.2, 0) is 11.3 Å². The van der Waals surface area contributed by atoms with Gasteiger partial charge in [-0.15, -0.1) is 13.2 Å². The van der Waals surface area contributed by atoms with Gasteiger partial charge in [0.05, 0.1) is 12.1 Å². The van der Waals surface area contributed by atoms with Crippen LogP contribution in [0.2, 0.25) is 0 Å². The number of methoxy groups -OCH3 is 1. The summed E-state index contributed by atoms with van der Waals surface area (Å²) in [7, 11) is 1.59. The van der Waals surface area contributed by atoms with Gasteiger partial charge in [0.1, 0.15) is 5.75 Å². The number of hydrogen-bond acceptors (Lipinski definition) is 5. The molecule has 1 heterocycles. The standard InChI is InChI=1S/C28H32F3N3O4/c1-18-23(27(36)32-14-15-37-2)12-13-25-24(18)17-34(33-25)16-19-4-3-5-20(7-6-19)26(35)21-8-10-22(11-9-21)38-28(29,30)31/h8-13,17,19-20H,3-7,14-16H2,1-2H3,(H,32,36). The van der Waals surface area contributed by atoms with E-state index in [1.807, 2.05) is 23.9 Å². The summed E-state index contributed by atoms with van der Waals surface area (Å²) in [6.07, 6.45) is 1.39. The number of aromatic nitrogens is 2. The SMILES string of the molecule is COCCNC(=O)c1ccc2nn(CC3CCCC(C(=O)c4ccc(OC(F)(F)F)cc4)CC3)cc2c1C. The zero-order valence-corrected chi connectivity index (χ0v) is 21.5. The van der Waals surface area contributed by atoms with Crippen molar-refractivity contribution in [3.63, 3.8) is 0 Å². The van der Waals surface area contributed by atoms with Crippen molar-refractivity contribution < 1.29 is 32.2 Å². The number of fused-ring (bicyclic) bond motifs is 1. The second kappa shape index (κ2) is 12.0. The molecule has 2 atom stereocenters. The average molecular weight is 532 g/mol. The largest absolute Gasteiger partial charge is 0.573 e. The molecule has 0 saturated heterocycles. The van der Waals surface area contributed by atoms with Crippen molar-refractivity contribution >= 4 is 22.6 Å². The van der Waals surface area contributed by atoms with Crippen molar-refractivity contribution in [2.75, 3.05) is 20.3 Å². The van der Waals surface area contributed by atoms with Crippen LogP contribution in [0, 0.1) is 18.8 Å². The van der Waals surface area contributed by atoms with Crippen LogP contribution in [0.1, 0.15) is 58.4 Å². The summed E-state index contributed by atoms with van der Waals surface area (Å²) >= 11 is 0. The fraction of sp³-hybridized carbons (Fsp3) is 0.464. The number of hydrogen-bond donors (Lipinski definition) is 1. The topological polar surface area (TPSA) is 82.5 Å². The first-order valence-corrected chi connectivity index (χ1v) is 12.8. The molecular formula is C28H32F3N3O4. The maximum Gasteiger partial charge on any atom is 0.573 e. The molecule has 1 amide bonds. The zero-order chi connectivity index (χ0) is 27.3. The lowest BCUT2D eigenvalue weighted by atomic mass is 9.90. The molecular weight excluding hydrogens is 499 g/mol. The van der Waals surface area contributed by atoms with E-state index in [1.54, 1.807) is 13.2 Å². The second-order valence-corrected chi connectivity index (χ2v) is 9.78. The number of carbonyl (C=O) groups excluding carboxylic acids is 2. The number of nitrogens with zero attached hydrogens (tertiary/aromatic N) is 2. The van der Waals surface area contributed by atoms with Gasteiger partial charge in [-0.25, -0.2) is 0 Å². The molecule has 1 N–H and O–H groups in total. The van der Waals surface area contributed by atoms with Crippen molar-refractivity contribution in [3.8, 4) is 5.75 Å². The molecule has 10 heteroatoms. The van der Waals surface area contributed by atoms with Gasteiger partial charge < -0.3 is 14.8 Å². The quantitative estimate of drug-likeness (QED) is 0.218. The van der Waals surface area contributed by atoms with Gasteiger partial charge in [-0.3, -0.25) is 14.3 Å². The first-order chi connectivity index (χ1) is 18.1. The molecule has 1 fully saturated rings. The predicted octanol–water partition coefficient (Wildman–Crippen LogP) is 5.70. The molecule has 38 heavy (non-hydrogen) atoms. The van der Waals surface area contributed by atoms with E-state index in [9.17, 15) is 22.8 Å². The summed E-state index contributed by atoms with van der Waals surface area (Å²) in [6.45, 7) is 3.52. The first kappa shape index (κ1) is 27.6. The summed E-state index contributed by atoms with van der Waals surface area (Å²) in [5, 5.41) is 8.50. The molecule has 0 bridgehead atoms. The average Bonchev–Trinajstić information content (AvgIpc) is 3.14. The number of ketones is 1. The highest BCUT2D eigenvalue weighted by atomic mass is 19.4. The fourth-order valence-corrected chi connectivity index (χ4v) is 5.13. The van der Waals surface area contributed by atoms with Gasteiger partial charge >= 0.3 is 6.36 Å². The third kappa shape index (κ3) is 6.92. The van der Waals surface area contributed by atoms with E-state index in [0.717, 1.165) is 48.6 Å². The lowest BCUT2D eigenvalue weighted by molar-refractivity contribution is -0.274. The number of aryl methyl sites for hydroxylation is 1. The maximum absolute atomic E-state index is 13.0. The molecule has 7 nitrogen and oxygen atoms in total. The van der Waals surface area contributed by atoms with E-state index < -0.39 is 6.36 Å². The van der Waals surface area contributed by atoms with E-state index in [0.29, 0.717) is 36.7 Å². The summed E-state index contributed by atoms with van der Waals surface area (Å²) < 4.78 is 48.0. The minimum Gasteiger partial charge on any atom is -0.406 e. The Kier molecular flexibility index (Phi) is 8.71. The summed E-state index contributed by atoms with van der Waals surface area (Å²) in [5.41, 5.74) is 2.72. The zero-order valence-electron chi connectivity index (χ0n) is 21.5. The first-order valence-electron chi connectivity index (χ1n) is 12.8. The predicted molar refractivity (Wildman–Crippen MR) is 136 cm³/mol. The number of halogens is 3. The maximum atomic E-state index is 13.0. The number of Topliss-reactive ketones (excluding diaryl/α,β-unsaturated/α-hetero) is 1. The van der Waals surface area contributed by atoms with Crippen molar-refractivity contribution in [1.29, 1.82) is 0 Å². The number of ether oxygens (including phenoxy) is 2. The number of benzene rings is 2. The molecule has 3 aromatic rings. The number of rotatable bonds is 9. The Morgan fingerprint density at radius 3 is 2.55 bits per heavy atom. The fourth-order valence-electron chi connectivity index (χ4n) is 5.13. The highest BCUT2D eigenvalue weighted by Crippen LogP contribution is 2.32.